The summed E-state index contributed by atoms with van der Waals surface area (Å²) >= 11 is 16.2. The summed E-state index contributed by atoms with van der Waals surface area (Å²) in [4.78, 5) is 31.2. The van der Waals surface area contributed by atoms with Crippen LogP contribution in [0.3, 0.4) is 0 Å². The normalized spacial score (nSPS) is 10.9. The minimum Gasteiger partial charge on any atom is -0.476 e. The number of nitrogens with zero attached hydrogens (tertiary/aromatic N) is 6. The Hall–Kier alpha value is -3.34. The van der Waals surface area contributed by atoms with Gasteiger partial charge in [-0.2, -0.15) is 10.2 Å². The number of carbonyl (C=O) groups excluding carboxylic acids is 1. The highest BCUT2D eigenvalue weighted by atomic mass is 127. The molecule has 2 aromatic carbocycles. The standard InChI is InChI=1S/C13H8ClIN4O.C13H7ClIN3O2/c14-10-5-4-9-11(12(16)20)18-19(13(9)17-10)8-3-1-2-7(15)6-8;14-10-5-4-9-11(13(19)20)17-18(12(9)16-10)8-3-1-2-7(15)6-8/h1-6H,(H2,16,20);1-6H,(H,19,20). The molecule has 0 saturated carbocycles. The average Bonchev–Trinajstić information content (AvgIpc) is 3.48. The van der Waals surface area contributed by atoms with Crippen molar-refractivity contribution in [3.8, 4) is 11.4 Å². The van der Waals surface area contributed by atoms with Crippen molar-refractivity contribution < 1.29 is 14.7 Å². The topological polar surface area (TPSA) is 142 Å². The van der Waals surface area contributed by atoms with Gasteiger partial charge in [0.2, 0.25) is 0 Å². The van der Waals surface area contributed by atoms with Gasteiger partial charge in [-0.3, -0.25) is 4.79 Å². The largest absolute Gasteiger partial charge is 0.476 e. The first-order valence-corrected chi connectivity index (χ1v) is 14.2. The molecular weight excluding hydrogens is 783 g/mol. The molecule has 200 valence electrons. The van der Waals surface area contributed by atoms with Crippen LogP contribution in [0.4, 0.5) is 0 Å². The molecule has 0 saturated heterocycles. The minimum atomic E-state index is -1.09. The molecule has 0 radical (unpaired) electrons. The monoisotopic (exact) mass is 797 g/mol. The third-order valence-electron chi connectivity index (χ3n) is 5.54. The highest BCUT2D eigenvalue weighted by Gasteiger charge is 2.19. The molecule has 0 aliphatic rings. The molecule has 6 rings (SSSR count). The van der Waals surface area contributed by atoms with Crippen LogP contribution in [0.25, 0.3) is 33.4 Å². The van der Waals surface area contributed by atoms with Crippen molar-refractivity contribution in [2.75, 3.05) is 0 Å². The number of carboxylic acid groups (broad SMARTS) is 1. The SMILES string of the molecule is NC(=O)c1nn(-c2cccc(I)c2)c2nc(Cl)ccc12.O=C(O)c1nn(-c2cccc(I)c2)c2nc(Cl)ccc12. The number of hydrogen-bond acceptors (Lipinski definition) is 6. The number of aromatic nitrogens is 6. The Morgan fingerprint density at radius 2 is 1.18 bits per heavy atom. The van der Waals surface area contributed by atoms with E-state index in [0.717, 1.165) is 18.5 Å². The first kappa shape index (κ1) is 28.2. The van der Waals surface area contributed by atoms with Crippen molar-refractivity contribution in [1.29, 1.82) is 0 Å². The van der Waals surface area contributed by atoms with Crippen molar-refractivity contribution in [3.63, 3.8) is 0 Å². The van der Waals surface area contributed by atoms with Gasteiger partial charge >= 0.3 is 5.97 Å². The second kappa shape index (κ2) is 11.6. The fourth-order valence-corrected chi connectivity index (χ4v) is 5.20. The maximum atomic E-state index is 11.5. The van der Waals surface area contributed by atoms with Crippen molar-refractivity contribution in [2.45, 2.75) is 0 Å². The number of nitrogens with two attached hydrogens (primary N) is 1. The second-order valence-corrected chi connectivity index (χ2v) is 11.4. The van der Waals surface area contributed by atoms with E-state index in [0.29, 0.717) is 32.4 Å². The van der Waals surface area contributed by atoms with E-state index in [1.807, 2.05) is 48.5 Å². The summed E-state index contributed by atoms with van der Waals surface area (Å²) in [6.07, 6.45) is 0. The Bertz CT molecular complexity index is 1800. The van der Waals surface area contributed by atoms with Crippen LogP contribution in [0.1, 0.15) is 21.0 Å². The summed E-state index contributed by atoms with van der Waals surface area (Å²) in [6.45, 7) is 0. The lowest BCUT2D eigenvalue weighted by Gasteiger charge is -2.03. The molecule has 0 spiro atoms. The summed E-state index contributed by atoms with van der Waals surface area (Å²) in [6, 6.07) is 21.7. The molecule has 0 bridgehead atoms. The molecule has 4 aromatic heterocycles. The molecule has 0 unspecified atom stereocenters. The van der Waals surface area contributed by atoms with Crippen LogP contribution in [0, 0.1) is 7.14 Å². The highest BCUT2D eigenvalue weighted by molar-refractivity contribution is 14.1. The number of carboxylic acids is 1. The molecular formula is C26H15Cl2I2N7O3. The van der Waals surface area contributed by atoms with Crippen LogP contribution in [-0.4, -0.2) is 46.5 Å². The van der Waals surface area contributed by atoms with E-state index in [9.17, 15) is 14.7 Å². The first-order valence-electron chi connectivity index (χ1n) is 11.3. The zero-order valence-corrected chi connectivity index (χ0v) is 25.8. The lowest BCUT2D eigenvalue weighted by Crippen LogP contribution is -2.12. The van der Waals surface area contributed by atoms with Gasteiger partial charge in [0.1, 0.15) is 10.3 Å². The fourth-order valence-electron chi connectivity index (χ4n) is 3.86. The van der Waals surface area contributed by atoms with Gasteiger partial charge in [0.15, 0.2) is 22.7 Å². The molecule has 4 heterocycles. The molecule has 3 N–H and O–H groups in total. The smallest absolute Gasteiger partial charge is 0.357 e. The van der Waals surface area contributed by atoms with E-state index >= 15 is 0 Å². The number of halogens is 4. The van der Waals surface area contributed by atoms with Crippen molar-refractivity contribution in [3.05, 3.63) is 102 Å². The van der Waals surface area contributed by atoms with Crippen LogP contribution in [-0.2, 0) is 0 Å². The van der Waals surface area contributed by atoms with Crippen LogP contribution in [0.5, 0.6) is 0 Å². The van der Waals surface area contributed by atoms with Gasteiger partial charge in [-0.15, -0.1) is 0 Å². The predicted octanol–water partition coefficient (Wildman–Crippen LogP) is 6.15. The Balaban J connectivity index is 0.000000161. The molecule has 0 atom stereocenters. The third-order valence-corrected chi connectivity index (χ3v) is 7.30. The Morgan fingerprint density at radius 1 is 0.725 bits per heavy atom. The number of aromatic carboxylic acids is 1. The van der Waals surface area contributed by atoms with Gasteiger partial charge in [0.25, 0.3) is 5.91 Å². The van der Waals surface area contributed by atoms with E-state index in [2.05, 4.69) is 65.3 Å². The van der Waals surface area contributed by atoms with Crippen LogP contribution >= 0.6 is 68.4 Å². The van der Waals surface area contributed by atoms with E-state index in [-0.39, 0.29) is 11.4 Å². The minimum absolute atomic E-state index is 0.0389. The maximum absolute atomic E-state index is 11.5. The van der Waals surface area contributed by atoms with Crippen LogP contribution in [0.2, 0.25) is 10.3 Å². The molecule has 14 heteroatoms. The summed E-state index contributed by atoms with van der Waals surface area (Å²) < 4.78 is 5.13. The number of primary amides is 1. The van der Waals surface area contributed by atoms with Gasteiger partial charge in [0.05, 0.1) is 22.1 Å². The number of hydrogen-bond donors (Lipinski definition) is 2. The van der Waals surface area contributed by atoms with Crippen molar-refractivity contribution >= 4 is 102 Å². The number of rotatable bonds is 4. The molecule has 10 nitrogen and oxygen atoms in total. The van der Waals surface area contributed by atoms with Gasteiger partial charge < -0.3 is 10.8 Å². The summed E-state index contributed by atoms with van der Waals surface area (Å²) in [5.74, 6) is -1.69. The number of carbonyl (C=O) groups is 2. The van der Waals surface area contributed by atoms with Gasteiger partial charge in [-0.1, -0.05) is 35.3 Å². The van der Waals surface area contributed by atoms with Crippen LogP contribution < -0.4 is 5.73 Å². The Labute approximate surface area is 263 Å². The van der Waals surface area contributed by atoms with E-state index in [1.54, 1.807) is 28.9 Å². The first-order chi connectivity index (χ1) is 19.1. The third kappa shape index (κ3) is 5.75. The van der Waals surface area contributed by atoms with Gasteiger partial charge in [-0.05, 0) is 106 Å². The maximum Gasteiger partial charge on any atom is 0.357 e. The Kier molecular flexibility index (Phi) is 8.21. The van der Waals surface area contributed by atoms with Crippen LogP contribution in [0.15, 0.2) is 72.8 Å². The van der Waals surface area contributed by atoms with Crippen molar-refractivity contribution in [1.82, 2.24) is 29.5 Å². The summed E-state index contributed by atoms with van der Waals surface area (Å²) in [7, 11) is 0. The summed E-state index contributed by atoms with van der Waals surface area (Å²) in [5, 5.41) is 19.3. The van der Waals surface area contributed by atoms with E-state index < -0.39 is 11.9 Å². The molecule has 6 aromatic rings. The fraction of sp³-hybridized carbons (Fsp3) is 0. The number of pyridine rings is 2. The molecule has 0 fully saturated rings. The van der Waals surface area contributed by atoms with E-state index in [4.69, 9.17) is 28.9 Å². The zero-order chi connectivity index (χ0) is 28.6. The Morgan fingerprint density at radius 3 is 1.60 bits per heavy atom. The molecule has 0 aliphatic heterocycles. The average molecular weight is 798 g/mol. The number of amides is 1. The predicted molar refractivity (Wildman–Crippen MR) is 169 cm³/mol. The molecule has 0 aliphatic carbocycles. The second-order valence-electron chi connectivity index (χ2n) is 8.16. The lowest BCUT2D eigenvalue weighted by atomic mass is 10.2. The molecule has 40 heavy (non-hydrogen) atoms. The van der Waals surface area contributed by atoms with E-state index in [1.165, 1.54) is 4.68 Å². The van der Waals surface area contributed by atoms with Gasteiger partial charge in [0, 0.05) is 7.14 Å². The number of benzene rings is 2. The summed E-state index contributed by atoms with van der Waals surface area (Å²) in [5.41, 5.74) is 7.98. The quantitative estimate of drug-likeness (QED) is 0.161. The van der Waals surface area contributed by atoms with Gasteiger partial charge in [-0.25, -0.2) is 24.1 Å². The molecule has 1 amide bonds. The number of fused-ring (bicyclic) bond motifs is 2. The lowest BCUT2D eigenvalue weighted by molar-refractivity contribution is 0.0691. The van der Waals surface area contributed by atoms with Crippen molar-refractivity contribution in [2.24, 2.45) is 5.73 Å². The highest BCUT2D eigenvalue weighted by Crippen LogP contribution is 2.25. The zero-order valence-electron chi connectivity index (χ0n) is 20.0.